The summed E-state index contributed by atoms with van der Waals surface area (Å²) in [6, 6.07) is 8.83. The molecule has 0 atom stereocenters. The van der Waals surface area contributed by atoms with Crippen molar-refractivity contribution in [1.29, 1.82) is 0 Å². The molecule has 0 spiro atoms. The number of thiophene rings is 1. The first-order valence-corrected chi connectivity index (χ1v) is 8.88. The lowest BCUT2D eigenvalue weighted by molar-refractivity contribution is -0.113. The molecule has 1 amide bonds. The van der Waals surface area contributed by atoms with Gasteiger partial charge in [-0.15, -0.1) is 11.3 Å². The first-order valence-electron chi connectivity index (χ1n) is 6.70. The van der Waals surface area contributed by atoms with Crippen molar-refractivity contribution in [2.75, 3.05) is 11.1 Å². The van der Waals surface area contributed by atoms with Crippen LogP contribution < -0.4 is 10.9 Å². The molecule has 3 rings (SSSR count). The summed E-state index contributed by atoms with van der Waals surface area (Å²) in [6.45, 7) is 1.93. The summed E-state index contributed by atoms with van der Waals surface area (Å²) >= 11 is 8.63. The number of hydrogen-bond donors (Lipinski definition) is 2. The summed E-state index contributed by atoms with van der Waals surface area (Å²) in [5.41, 5.74) is 0.374. The second-order valence-corrected chi connectivity index (χ2v) is 7.37. The number of carbonyl (C=O) groups is 1. The predicted molar refractivity (Wildman–Crippen MR) is 95.8 cm³/mol. The molecule has 0 aliphatic rings. The number of benzene rings is 1. The smallest absolute Gasteiger partial charge is 0.260 e. The van der Waals surface area contributed by atoms with Gasteiger partial charge >= 0.3 is 0 Å². The fourth-order valence-corrected chi connectivity index (χ4v) is 3.77. The Morgan fingerprint density at radius 3 is 3.00 bits per heavy atom. The monoisotopic (exact) mass is 365 g/mol. The molecule has 0 saturated carbocycles. The van der Waals surface area contributed by atoms with E-state index in [1.165, 1.54) is 23.1 Å². The van der Waals surface area contributed by atoms with E-state index in [1.54, 1.807) is 24.3 Å². The average molecular weight is 366 g/mol. The van der Waals surface area contributed by atoms with Crippen LogP contribution in [-0.4, -0.2) is 21.6 Å². The number of amides is 1. The van der Waals surface area contributed by atoms with Gasteiger partial charge in [0.25, 0.3) is 5.56 Å². The van der Waals surface area contributed by atoms with Crippen LogP contribution in [0.15, 0.2) is 40.3 Å². The minimum Gasteiger partial charge on any atom is -0.324 e. The van der Waals surface area contributed by atoms with E-state index in [9.17, 15) is 9.59 Å². The molecule has 0 aliphatic carbocycles. The SMILES string of the molecule is Cc1cc2c(=O)[nH]c(SCC(=O)Nc3ccccc3Cl)nc2s1. The number of aryl methyl sites for hydroxylation is 1. The number of rotatable bonds is 4. The third-order valence-electron chi connectivity index (χ3n) is 2.99. The number of aromatic nitrogens is 2. The Morgan fingerprint density at radius 2 is 2.22 bits per heavy atom. The quantitative estimate of drug-likeness (QED) is 0.546. The summed E-state index contributed by atoms with van der Waals surface area (Å²) in [5, 5.41) is 4.22. The maximum atomic E-state index is 12.0. The van der Waals surface area contributed by atoms with E-state index in [4.69, 9.17) is 11.6 Å². The van der Waals surface area contributed by atoms with E-state index in [1.807, 2.05) is 13.0 Å². The number of carbonyl (C=O) groups excluding carboxylic acids is 1. The number of aromatic amines is 1. The highest BCUT2D eigenvalue weighted by Crippen LogP contribution is 2.23. The van der Waals surface area contributed by atoms with Crippen LogP contribution >= 0.6 is 34.7 Å². The maximum absolute atomic E-state index is 12.0. The van der Waals surface area contributed by atoms with Crippen LogP contribution in [0.25, 0.3) is 10.2 Å². The van der Waals surface area contributed by atoms with Gasteiger partial charge in [0.1, 0.15) is 4.83 Å². The number of fused-ring (bicyclic) bond motifs is 1. The zero-order valence-electron chi connectivity index (χ0n) is 12.1. The molecule has 23 heavy (non-hydrogen) atoms. The van der Waals surface area contributed by atoms with Gasteiger partial charge in [0.2, 0.25) is 5.91 Å². The summed E-state index contributed by atoms with van der Waals surface area (Å²) in [6.07, 6.45) is 0. The first-order chi connectivity index (χ1) is 11.0. The number of nitrogens with one attached hydrogen (secondary N) is 2. The fraction of sp³-hybridized carbons (Fsp3) is 0.133. The number of H-pyrrole nitrogens is 1. The Balaban J connectivity index is 1.69. The average Bonchev–Trinajstić information content (AvgIpc) is 2.89. The Kier molecular flexibility index (Phi) is 4.70. The van der Waals surface area contributed by atoms with Crippen LogP contribution in [0.2, 0.25) is 5.02 Å². The summed E-state index contributed by atoms with van der Waals surface area (Å²) < 4.78 is 0. The van der Waals surface area contributed by atoms with E-state index in [0.29, 0.717) is 26.1 Å². The van der Waals surface area contributed by atoms with Crippen LogP contribution in [0.1, 0.15) is 4.88 Å². The van der Waals surface area contributed by atoms with Crippen molar-refractivity contribution in [3.05, 3.63) is 50.6 Å². The summed E-state index contributed by atoms with van der Waals surface area (Å²) in [5.74, 6) is -0.0856. The molecule has 5 nitrogen and oxygen atoms in total. The molecular formula is C15H12ClN3O2S2. The Morgan fingerprint density at radius 1 is 1.43 bits per heavy atom. The van der Waals surface area contributed by atoms with Gasteiger partial charge in [-0.25, -0.2) is 4.98 Å². The van der Waals surface area contributed by atoms with Crippen molar-refractivity contribution in [3.63, 3.8) is 0 Å². The van der Waals surface area contributed by atoms with Crippen LogP contribution in [0.5, 0.6) is 0 Å². The number of para-hydroxylation sites is 1. The second-order valence-electron chi connectivity index (χ2n) is 4.76. The van der Waals surface area contributed by atoms with E-state index >= 15 is 0 Å². The molecular weight excluding hydrogens is 354 g/mol. The van der Waals surface area contributed by atoms with Crippen LogP contribution in [0.4, 0.5) is 5.69 Å². The van der Waals surface area contributed by atoms with Gasteiger partial charge in [-0.3, -0.25) is 9.59 Å². The summed E-state index contributed by atoms with van der Waals surface area (Å²) in [4.78, 5) is 32.7. The van der Waals surface area contributed by atoms with Crippen LogP contribution in [0, 0.1) is 6.92 Å². The Bertz CT molecular complexity index is 936. The third-order valence-corrected chi connectivity index (χ3v) is 5.14. The van der Waals surface area contributed by atoms with Crippen molar-refractivity contribution in [1.82, 2.24) is 9.97 Å². The van der Waals surface area contributed by atoms with Crippen LogP contribution in [-0.2, 0) is 4.79 Å². The molecule has 0 bridgehead atoms. The molecule has 2 aromatic heterocycles. The number of hydrogen-bond acceptors (Lipinski definition) is 5. The highest BCUT2D eigenvalue weighted by molar-refractivity contribution is 7.99. The molecule has 0 aliphatic heterocycles. The van der Waals surface area contributed by atoms with Crippen molar-refractivity contribution in [2.45, 2.75) is 12.1 Å². The molecule has 2 N–H and O–H groups in total. The molecule has 0 unspecified atom stereocenters. The summed E-state index contributed by atoms with van der Waals surface area (Å²) in [7, 11) is 0. The largest absolute Gasteiger partial charge is 0.324 e. The maximum Gasteiger partial charge on any atom is 0.260 e. The van der Waals surface area contributed by atoms with Crippen molar-refractivity contribution >= 4 is 56.5 Å². The normalized spacial score (nSPS) is 10.9. The van der Waals surface area contributed by atoms with Crippen LogP contribution in [0.3, 0.4) is 0 Å². The van der Waals surface area contributed by atoms with E-state index in [-0.39, 0.29) is 17.2 Å². The number of nitrogens with zero attached hydrogens (tertiary/aromatic N) is 1. The van der Waals surface area contributed by atoms with Gasteiger partial charge in [-0.05, 0) is 25.1 Å². The van der Waals surface area contributed by atoms with Gasteiger partial charge in [0.15, 0.2) is 5.16 Å². The number of anilines is 1. The molecule has 0 radical (unpaired) electrons. The van der Waals surface area contributed by atoms with Crippen molar-refractivity contribution < 1.29 is 4.79 Å². The lowest BCUT2D eigenvalue weighted by atomic mass is 10.3. The predicted octanol–water partition coefficient (Wildman–Crippen LogP) is 3.68. The molecule has 8 heteroatoms. The fourth-order valence-electron chi connectivity index (χ4n) is 1.98. The topological polar surface area (TPSA) is 74.8 Å². The van der Waals surface area contributed by atoms with Gasteiger partial charge in [0, 0.05) is 4.88 Å². The standard InChI is InChI=1S/C15H12ClN3O2S2/c1-8-6-9-13(21)18-15(19-14(9)23-8)22-7-12(20)17-11-5-3-2-4-10(11)16/h2-6H,7H2,1H3,(H,17,20)(H,18,19,21). The van der Waals surface area contributed by atoms with Gasteiger partial charge in [-0.1, -0.05) is 35.5 Å². The van der Waals surface area contributed by atoms with Gasteiger partial charge in [-0.2, -0.15) is 0 Å². The second kappa shape index (κ2) is 6.74. The minimum absolute atomic E-state index is 0.129. The molecule has 2 heterocycles. The van der Waals surface area contributed by atoms with Gasteiger partial charge < -0.3 is 10.3 Å². The highest BCUT2D eigenvalue weighted by Gasteiger charge is 2.10. The third kappa shape index (κ3) is 3.74. The van der Waals surface area contributed by atoms with Crippen molar-refractivity contribution in [2.24, 2.45) is 0 Å². The lowest BCUT2D eigenvalue weighted by Crippen LogP contribution is -2.15. The number of halogens is 1. The first kappa shape index (κ1) is 16.0. The van der Waals surface area contributed by atoms with E-state index in [0.717, 1.165) is 4.88 Å². The van der Waals surface area contributed by atoms with Gasteiger partial charge in [0.05, 0.1) is 21.8 Å². The zero-order valence-corrected chi connectivity index (χ0v) is 14.4. The Hall–Kier alpha value is -1.83. The van der Waals surface area contributed by atoms with E-state index < -0.39 is 0 Å². The molecule has 1 aromatic carbocycles. The molecule has 0 saturated heterocycles. The Labute approximate surface area is 145 Å². The molecule has 118 valence electrons. The number of thioether (sulfide) groups is 1. The molecule has 0 fully saturated rings. The lowest BCUT2D eigenvalue weighted by Gasteiger charge is -2.06. The van der Waals surface area contributed by atoms with Crippen molar-refractivity contribution in [3.8, 4) is 0 Å². The zero-order chi connectivity index (χ0) is 16.4. The van der Waals surface area contributed by atoms with E-state index in [2.05, 4.69) is 15.3 Å². The molecule has 3 aromatic rings. The minimum atomic E-state index is -0.215. The highest BCUT2D eigenvalue weighted by atomic mass is 35.5.